The number of aliphatic imine (C=N–C) groups is 1. The third-order valence-electron chi connectivity index (χ3n) is 1.94. The smallest absolute Gasteiger partial charge is 0.107 e. The summed E-state index contributed by atoms with van der Waals surface area (Å²) in [6.45, 7) is 1.91. The molecule has 0 spiro atoms. The van der Waals surface area contributed by atoms with E-state index >= 15 is 0 Å². The molecule has 0 radical (unpaired) electrons. The minimum atomic E-state index is 0.575. The Labute approximate surface area is 89.2 Å². The lowest BCUT2D eigenvalue weighted by Gasteiger charge is -2.12. The molecule has 4 heteroatoms. The summed E-state index contributed by atoms with van der Waals surface area (Å²) >= 11 is 5.97. The van der Waals surface area contributed by atoms with Crippen LogP contribution < -0.4 is 5.73 Å². The molecule has 0 bridgehead atoms. The number of amidine groups is 1. The zero-order chi connectivity index (χ0) is 10.7. The second-order valence-corrected chi connectivity index (χ2v) is 3.64. The van der Waals surface area contributed by atoms with E-state index in [4.69, 9.17) is 17.3 Å². The maximum atomic E-state index is 5.97. The fourth-order valence-corrected chi connectivity index (χ4v) is 1.14. The third kappa shape index (κ3) is 2.39. The van der Waals surface area contributed by atoms with E-state index < -0.39 is 0 Å². The first kappa shape index (κ1) is 10.9. The molecule has 14 heavy (non-hydrogen) atoms. The standard InChI is InChI=1S/C10H14ClN3/c1-7(14(2)3)13-10-8(11)5-4-6-9(10)12/h4-6H,12H2,1-3H3. The van der Waals surface area contributed by atoms with Crippen LogP contribution in [0.15, 0.2) is 23.2 Å². The highest BCUT2D eigenvalue weighted by Gasteiger charge is 2.03. The molecule has 0 saturated heterocycles. The van der Waals surface area contributed by atoms with Gasteiger partial charge in [-0.25, -0.2) is 4.99 Å². The van der Waals surface area contributed by atoms with E-state index in [2.05, 4.69) is 4.99 Å². The van der Waals surface area contributed by atoms with E-state index in [9.17, 15) is 0 Å². The molecule has 3 nitrogen and oxygen atoms in total. The number of hydrogen-bond donors (Lipinski definition) is 1. The van der Waals surface area contributed by atoms with Crippen LogP contribution in [0.4, 0.5) is 11.4 Å². The van der Waals surface area contributed by atoms with Crippen molar-refractivity contribution in [3.05, 3.63) is 23.2 Å². The number of halogens is 1. The molecule has 1 aromatic rings. The molecule has 0 amide bonds. The quantitative estimate of drug-likeness (QED) is 0.441. The van der Waals surface area contributed by atoms with Gasteiger partial charge in [-0.2, -0.15) is 0 Å². The topological polar surface area (TPSA) is 41.6 Å². The number of nitrogens with zero attached hydrogens (tertiary/aromatic N) is 2. The van der Waals surface area contributed by atoms with Crippen molar-refractivity contribution in [1.82, 2.24) is 4.90 Å². The third-order valence-corrected chi connectivity index (χ3v) is 2.24. The summed E-state index contributed by atoms with van der Waals surface area (Å²) in [7, 11) is 3.84. The van der Waals surface area contributed by atoms with Crippen LogP contribution in [0.5, 0.6) is 0 Å². The molecule has 1 rings (SSSR count). The highest BCUT2D eigenvalue weighted by atomic mass is 35.5. The Kier molecular flexibility index (Phi) is 3.36. The first-order valence-corrected chi connectivity index (χ1v) is 4.66. The summed E-state index contributed by atoms with van der Waals surface area (Å²) in [5.41, 5.74) is 7.00. The van der Waals surface area contributed by atoms with Crippen LogP contribution in [-0.2, 0) is 0 Å². The first-order chi connectivity index (χ1) is 6.52. The molecule has 0 heterocycles. The fraction of sp³-hybridized carbons (Fsp3) is 0.300. The van der Waals surface area contributed by atoms with Crippen LogP contribution in [-0.4, -0.2) is 24.8 Å². The van der Waals surface area contributed by atoms with Crippen molar-refractivity contribution in [2.75, 3.05) is 19.8 Å². The van der Waals surface area contributed by atoms with E-state index in [1.807, 2.05) is 32.0 Å². The van der Waals surface area contributed by atoms with E-state index in [0.29, 0.717) is 16.4 Å². The Bertz CT molecular complexity index is 338. The van der Waals surface area contributed by atoms with Gasteiger partial charge in [-0.1, -0.05) is 17.7 Å². The molecule has 0 aliphatic rings. The van der Waals surface area contributed by atoms with Crippen molar-refractivity contribution in [3.8, 4) is 0 Å². The van der Waals surface area contributed by atoms with Gasteiger partial charge in [0.2, 0.25) is 0 Å². The van der Waals surface area contributed by atoms with Gasteiger partial charge in [0.25, 0.3) is 0 Å². The number of para-hydroxylation sites is 1. The van der Waals surface area contributed by atoms with Crippen LogP contribution in [0.1, 0.15) is 6.92 Å². The van der Waals surface area contributed by atoms with Crippen molar-refractivity contribution in [2.24, 2.45) is 4.99 Å². The van der Waals surface area contributed by atoms with Crippen molar-refractivity contribution >= 4 is 28.8 Å². The van der Waals surface area contributed by atoms with Crippen LogP contribution in [0.2, 0.25) is 5.02 Å². The minimum Gasteiger partial charge on any atom is -0.397 e. The summed E-state index contributed by atoms with van der Waals surface area (Å²) in [6.07, 6.45) is 0. The second-order valence-electron chi connectivity index (χ2n) is 3.23. The summed E-state index contributed by atoms with van der Waals surface area (Å²) < 4.78 is 0. The van der Waals surface area contributed by atoms with Crippen molar-refractivity contribution < 1.29 is 0 Å². The van der Waals surface area contributed by atoms with Gasteiger partial charge in [-0.3, -0.25) is 0 Å². The fourth-order valence-electron chi connectivity index (χ4n) is 0.912. The van der Waals surface area contributed by atoms with Crippen LogP contribution in [0.3, 0.4) is 0 Å². The lowest BCUT2D eigenvalue weighted by atomic mass is 10.3. The normalized spacial score (nSPS) is 11.6. The van der Waals surface area contributed by atoms with Crippen LogP contribution >= 0.6 is 11.6 Å². The predicted molar refractivity (Wildman–Crippen MR) is 62.3 cm³/mol. The van der Waals surface area contributed by atoms with Crippen molar-refractivity contribution in [1.29, 1.82) is 0 Å². The van der Waals surface area contributed by atoms with Gasteiger partial charge in [0.1, 0.15) is 11.5 Å². The number of hydrogen-bond acceptors (Lipinski definition) is 2. The number of benzene rings is 1. The summed E-state index contributed by atoms with van der Waals surface area (Å²) in [5, 5.41) is 0.575. The zero-order valence-corrected chi connectivity index (χ0v) is 9.34. The van der Waals surface area contributed by atoms with Gasteiger partial charge in [-0.05, 0) is 19.1 Å². The van der Waals surface area contributed by atoms with E-state index in [1.165, 1.54) is 0 Å². The van der Waals surface area contributed by atoms with Crippen LogP contribution in [0, 0.1) is 0 Å². The second kappa shape index (κ2) is 4.33. The zero-order valence-electron chi connectivity index (χ0n) is 8.58. The lowest BCUT2D eigenvalue weighted by Crippen LogP contribution is -2.17. The van der Waals surface area contributed by atoms with Gasteiger partial charge in [-0.15, -0.1) is 0 Å². The Morgan fingerprint density at radius 3 is 2.57 bits per heavy atom. The average Bonchev–Trinajstić information content (AvgIpc) is 2.11. The SMILES string of the molecule is CC(=Nc1c(N)cccc1Cl)N(C)C. The lowest BCUT2D eigenvalue weighted by molar-refractivity contribution is 0.619. The Morgan fingerprint density at radius 1 is 1.43 bits per heavy atom. The Morgan fingerprint density at radius 2 is 2.07 bits per heavy atom. The maximum absolute atomic E-state index is 5.97. The number of anilines is 1. The molecule has 0 aliphatic carbocycles. The number of nitrogens with two attached hydrogens (primary N) is 1. The molecule has 0 unspecified atom stereocenters. The predicted octanol–water partition coefficient (Wildman–Crippen LogP) is 2.53. The summed E-state index contributed by atoms with van der Waals surface area (Å²) in [6, 6.07) is 5.37. The molecule has 0 atom stereocenters. The highest BCUT2D eigenvalue weighted by Crippen LogP contribution is 2.30. The van der Waals surface area contributed by atoms with Gasteiger partial charge >= 0.3 is 0 Å². The molecule has 2 N–H and O–H groups in total. The van der Waals surface area contributed by atoms with Crippen molar-refractivity contribution in [3.63, 3.8) is 0 Å². The Balaban J connectivity index is 3.14. The molecule has 0 saturated carbocycles. The van der Waals surface area contributed by atoms with Gasteiger partial charge < -0.3 is 10.6 Å². The van der Waals surface area contributed by atoms with E-state index in [-0.39, 0.29) is 0 Å². The maximum Gasteiger partial charge on any atom is 0.107 e. The average molecular weight is 212 g/mol. The van der Waals surface area contributed by atoms with Gasteiger partial charge in [0.15, 0.2) is 0 Å². The molecule has 0 aromatic heterocycles. The van der Waals surface area contributed by atoms with E-state index in [1.54, 1.807) is 12.1 Å². The first-order valence-electron chi connectivity index (χ1n) is 4.29. The molecule has 1 aromatic carbocycles. The molecular weight excluding hydrogens is 198 g/mol. The van der Waals surface area contributed by atoms with E-state index in [0.717, 1.165) is 5.84 Å². The largest absolute Gasteiger partial charge is 0.397 e. The van der Waals surface area contributed by atoms with Gasteiger partial charge in [0, 0.05) is 14.1 Å². The Hall–Kier alpha value is -1.22. The highest BCUT2D eigenvalue weighted by molar-refractivity contribution is 6.33. The molecule has 76 valence electrons. The molecule has 0 fully saturated rings. The molecule has 0 aliphatic heterocycles. The monoisotopic (exact) mass is 211 g/mol. The number of nitrogen functional groups attached to an aromatic ring is 1. The summed E-state index contributed by atoms with van der Waals surface area (Å²) in [4.78, 5) is 6.25. The van der Waals surface area contributed by atoms with Crippen LogP contribution in [0.25, 0.3) is 0 Å². The van der Waals surface area contributed by atoms with Gasteiger partial charge in [0.05, 0.1) is 10.7 Å². The summed E-state index contributed by atoms with van der Waals surface area (Å²) in [5.74, 6) is 0.866. The van der Waals surface area contributed by atoms with Crippen molar-refractivity contribution in [2.45, 2.75) is 6.92 Å². The minimum absolute atomic E-state index is 0.575. The molecular formula is C10H14ClN3. The number of rotatable bonds is 1.